The molecule has 0 aliphatic carbocycles. The number of furan rings is 1. The molecule has 9 nitrogen and oxygen atoms in total. The largest absolute Gasteiger partial charge is 0.466 e. The molecular weight excluding hydrogens is 368 g/mol. The molecule has 1 aliphatic heterocycles. The molecule has 0 fully saturated rings. The van der Waals surface area contributed by atoms with Crippen molar-refractivity contribution in [3.05, 3.63) is 68.8 Å². The molecule has 0 spiro atoms. The third-order valence-electron chi connectivity index (χ3n) is 4.08. The van der Waals surface area contributed by atoms with Gasteiger partial charge in [0.1, 0.15) is 10.7 Å². The molecule has 1 aromatic rings. The number of hydrogen-bond acceptors (Lipinski definition) is 8. The van der Waals surface area contributed by atoms with Crippen LogP contribution in [0.5, 0.6) is 0 Å². The van der Waals surface area contributed by atoms with Crippen molar-refractivity contribution in [2.75, 3.05) is 14.2 Å². The van der Waals surface area contributed by atoms with Crippen molar-refractivity contribution in [3.63, 3.8) is 0 Å². The predicted molar refractivity (Wildman–Crippen MR) is 99.6 cm³/mol. The highest BCUT2D eigenvalue weighted by atomic mass is 16.6. The lowest BCUT2D eigenvalue weighted by Gasteiger charge is -2.27. The molecule has 2 rings (SSSR count). The number of allylic oxidation sites excluding steroid dienone is 5. The summed E-state index contributed by atoms with van der Waals surface area (Å²) in [5.74, 6) is -1.89. The number of carbonyl (C=O) groups excluding carboxylic acids is 2. The molecule has 0 saturated heterocycles. The third kappa shape index (κ3) is 4.37. The fraction of sp³-hybridized carbons (Fsp3) is 0.263. The van der Waals surface area contributed by atoms with Crippen LogP contribution in [0, 0.1) is 16.0 Å². The van der Waals surface area contributed by atoms with E-state index in [2.05, 4.69) is 5.32 Å². The molecule has 9 heteroatoms. The van der Waals surface area contributed by atoms with Crippen LogP contribution in [0.3, 0.4) is 0 Å². The normalized spacial score (nSPS) is 15.3. The van der Waals surface area contributed by atoms with E-state index in [1.807, 2.05) is 0 Å². The summed E-state index contributed by atoms with van der Waals surface area (Å²) >= 11 is 0. The summed E-state index contributed by atoms with van der Waals surface area (Å²) in [5.41, 5.74) is 1.70. The number of nitrogens with one attached hydrogen (secondary N) is 1. The highest BCUT2D eigenvalue weighted by Gasteiger charge is 2.34. The second kappa shape index (κ2) is 8.85. The Bertz CT molecular complexity index is 880. The number of nitro groups is 1. The summed E-state index contributed by atoms with van der Waals surface area (Å²) in [4.78, 5) is 34.5. The molecule has 1 aromatic heterocycles. The third-order valence-corrected chi connectivity index (χ3v) is 4.08. The maximum absolute atomic E-state index is 12.2. The van der Waals surface area contributed by atoms with E-state index in [0.717, 1.165) is 0 Å². The molecule has 0 saturated carbocycles. The van der Waals surface area contributed by atoms with Crippen molar-refractivity contribution in [3.8, 4) is 0 Å². The molecule has 0 radical (unpaired) electrons. The van der Waals surface area contributed by atoms with Crippen LogP contribution in [0.15, 0.2) is 57.3 Å². The van der Waals surface area contributed by atoms with Gasteiger partial charge in [-0.15, -0.1) is 0 Å². The first kappa shape index (κ1) is 20.7. The van der Waals surface area contributed by atoms with Crippen LogP contribution in [-0.4, -0.2) is 31.1 Å². The molecular formula is C19H20N2O7. The number of hydrogen-bond donors (Lipinski definition) is 1. The van der Waals surface area contributed by atoms with Gasteiger partial charge in [0.05, 0.1) is 31.4 Å². The van der Waals surface area contributed by atoms with Gasteiger partial charge in [-0.05, 0) is 26.0 Å². The first-order valence-electron chi connectivity index (χ1n) is 8.24. The standard InChI is InChI=1S/C19H20N2O7/c1-11-16(18(22)26-3)14(17(12(2)20-11)19(23)27-4)8-6-5-7-13-9-10-15(28-13)21(24)25/h5-10,14,20H,1-4H3/b7-5+,8-6+. The number of dihydropyridines is 1. The van der Waals surface area contributed by atoms with Gasteiger partial charge in [0.25, 0.3) is 0 Å². The number of rotatable bonds is 6. The van der Waals surface area contributed by atoms with Gasteiger partial charge in [-0.1, -0.05) is 18.2 Å². The molecule has 0 atom stereocenters. The first-order chi connectivity index (χ1) is 13.3. The van der Waals surface area contributed by atoms with Gasteiger partial charge < -0.3 is 19.2 Å². The lowest BCUT2D eigenvalue weighted by atomic mass is 9.85. The fourth-order valence-corrected chi connectivity index (χ4v) is 2.85. The summed E-state index contributed by atoms with van der Waals surface area (Å²) in [6.45, 7) is 3.42. The van der Waals surface area contributed by atoms with Crippen molar-refractivity contribution >= 4 is 23.9 Å². The highest BCUT2D eigenvalue weighted by Crippen LogP contribution is 2.32. The van der Waals surface area contributed by atoms with Crippen molar-refractivity contribution in [1.29, 1.82) is 0 Å². The number of nitrogens with zero attached hydrogens (tertiary/aromatic N) is 1. The quantitative estimate of drug-likeness (QED) is 0.342. The van der Waals surface area contributed by atoms with E-state index >= 15 is 0 Å². The van der Waals surface area contributed by atoms with Gasteiger partial charge in [-0.2, -0.15) is 0 Å². The van der Waals surface area contributed by atoms with Gasteiger partial charge in [0.15, 0.2) is 0 Å². The van der Waals surface area contributed by atoms with Crippen molar-refractivity contribution in [2.45, 2.75) is 13.8 Å². The Labute approximate surface area is 161 Å². The Morgan fingerprint density at radius 1 is 1.11 bits per heavy atom. The minimum absolute atomic E-state index is 0.284. The average Bonchev–Trinajstić information content (AvgIpc) is 3.13. The van der Waals surface area contributed by atoms with Gasteiger partial charge in [0.2, 0.25) is 0 Å². The van der Waals surface area contributed by atoms with E-state index in [1.54, 1.807) is 32.1 Å². The van der Waals surface area contributed by atoms with Gasteiger partial charge >= 0.3 is 17.8 Å². The Morgan fingerprint density at radius 3 is 2.14 bits per heavy atom. The van der Waals surface area contributed by atoms with Crippen LogP contribution < -0.4 is 5.32 Å². The Kier molecular flexibility index (Phi) is 6.54. The maximum atomic E-state index is 12.2. The number of esters is 2. The Balaban J connectivity index is 2.34. The second-order valence-electron chi connectivity index (χ2n) is 5.84. The van der Waals surface area contributed by atoms with E-state index in [1.165, 1.54) is 32.4 Å². The van der Waals surface area contributed by atoms with Gasteiger partial charge in [0, 0.05) is 17.3 Å². The number of methoxy groups -OCH3 is 2. The summed E-state index contributed by atoms with van der Waals surface area (Å²) < 4.78 is 14.7. The topological polar surface area (TPSA) is 121 Å². The minimum atomic E-state index is -0.684. The number of ether oxygens (including phenoxy) is 2. The zero-order valence-electron chi connectivity index (χ0n) is 15.8. The van der Waals surface area contributed by atoms with Crippen molar-refractivity contribution < 1.29 is 28.4 Å². The molecule has 0 bridgehead atoms. The molecule has 0 unspecified atom stereocenters. The molecule has 148 valence electrons. The zero-order chi connectivity index (χ0) is 20.8. The van der Waals surface area contributed by atoms with Gasteiger partial charge in [-0.25, -0.2) is 9.59 Å². The smallest absolute Gasteiger partial charge is 0.433 e. The van der Waals surface area contributed by atoms with Crippen LogP contribution in [0.2, 0.25) is 0 Å². The van der Waals surface area contributed by atoms with E-state index in [4.69, 9.17) is 13.9 Å². The molecule has 2 heterocycles. The Hall–Kier alpha value is -3.62. The van der Waals surface area contributed by atoms with Gasteiger partial charge in [-0.3, -0.25) is 10.1 Å². The van der Waals surface area contributed by atoms with Crippen molar-refractivity contribution in [2.24, 2.45) is 5.92 Å². The van der Waals surface area contributed by atoms with E-state index in [0.29, 0.717) is 17.2 Å². The van der Waals surface area contributed by atoms with Crippen molar-refractivity contribution in [1.82, 2.24) is 5.32 Å². The zero-order valence-corrected chi connectivity index (χ0v) is 15.8. The fourth-order valence-electron chi connectivity index (χ4n) is 2.85. The molecule has 0 aromatic carbocycles. The van der Waals surface area contributed by atoms with E-state index < -0.39 is 22.8 Å². The molecule has 1 aliphatic rings. The van der Waals surface area contributed by atoms with Crippen LogP contribution in [-0.2, 0) is 19.1 Å². The average molecular weight is 388 g/mol. The summed E-state index contributed by atoms with van der Waals surface area (Å²) in [6.07, 6.45) is 6.35. The monoisotopic (exact) mass is 388 g/mol. The predicted octanol–water partition coefficient (Wildman–Crippen LogP) is 2.87. The molecule has 28 heavy (non-hydrogen) atoms. The first-order valence-corrected chi connectivity index (χ1v) is 8.24. The molecule has 0 amide bonds. The van der Waals surface area contributed by atoms with E-state index in [-0.39, 0.29) is 17.0 Å². The van der Waals surface area contributed by atoms with E-state index in [9.17, 15) is 19.7 Å². The maximum Gasteiger partial charge on any atom is 0.433 e. The number of carbonyl (C=O) groups is 2. The van der Waals surface area contributed by atoms with Crippen LogP contribution in [0.4, 0.5) is 5.88 Å². The Morgan fingerprint density at radius 2 is 1.68 bits per heavy atom. The molecule has 1 N–H and O–H groups in total. The van der Waals surface area contributed by atoms with Crippen LogP contribution >= 0.6 is 0 Å². The summed E-state index contributed by atoms with van der Waals surface area (Å²) in [5, 5.41) is 13.6. The lowest BCUT2D eigenvalue weighted by Crippen LogP contribution is -2.32. The minimum Gasteiger partial charge on any atom is -0.466 e. The van der Waals surface area contributed by atoms with Crippen LogP contribution in [0.1, 0.15) is 19.6 Å². The lowest BCUT2D eigenvalue weighted by molar-refractivity contribution is -0.402. The SMILES string of the molecule is COC(=O)C1=C(C)NC(C)=C(C(=O)OC)C1/C=C/C=C/c1ccc([N+](=O)[O-])o1. The highest BCUT2D eigenvalue weighted by molar-refractivity contribution is 5.98. The summed E-state index contributed by atoms with van der Waals surface area (Å²) in [7, 11) is 2.52. The summed E-state index contributed by atoms with van der Waals surface area (Å²) in [6, 6.07) is 2.71. The van der Waals surface area contributed by atoms with Crippen LogP contribution in [0.25, 0.3) is 6.08 Å². The second-order valence-corrected chi connectivity index (χ2v) is 5.84.